The number of rotatable bonds is 5. The molecule has 1 aliphatic carbocycles. The van der Waals surface area contributed by atoms with Crippen molar-refractivity contribution in [3.63, 3.8) is 0 Å². The fourth-order valence-electron chi connectivity index (χ4n) is 2.76. The molecule has 94 valence electrons. The molecule has 0 aromatic heterocycles. The van der Waals surface area contributed by atoms with Crippen LogP contribution in [0.2, 0.25) is 0 Å². The molecule has 0 saturated heterocycles. The lowest BCUT2D eigenvalue weighted by atomic mass is 9.99. The van der Waals surface area contributed by atoms with Crippen LogP contribution < -0.4 is 5.32 Å². The van der Waals surface area contributed by atoms with E-state index in [2.05, 4.69) is 12.2 Å². The Labute approximate surface area is 103 Å². The van der Waals surface area contributed by atoms with Crippen molar-refractivity contribution in [3.05, 3.63) is 35.6 Å². The summed E-state index contributed by atoms with van der Waals surface area (Å²) in [5.74, 6) is 0.749. The van der Waals surface area contributed by atoms with E-state index in [1.54, 1.807) is 6.07 Å². The van der Waals surface area contributed by atoms with Gasteiger partial charge >= 0.3 is 0 Å². The van der Waals surface area contributed by atoms with Crippen LogP contribution in [0.4, 0.5) is 4.39 Å². The number of benzene rings is 1. The Balaban J connectivity index is 1.74. The monoisotopic (exact) mass is 235 g/mol. The van der Waals surface area contributed by atoms with Crippen LogP contribution in [0.15, 0.2) is 24.3 Å². The fourth-order valence-corrected chi connectivity index (χ4v) is 2.76. The van der Waals surface area contributed by atoms with Crippen LogP contribution in [-0.4, -0.2) is 12.6 Å². The van der Waals surface area contributed by atoms with Crippen molar-refractivity contribution in [2.45, 2.75) is 45.1 Å². The van der Waals surface area contributed by atoms with Crippen molar-refractivity contribution in [2.75, 3.05) is 6.54 Å². The third-order valence-corrected chi connectivity index (χ3v) is 3.93. The van der Waals surface area contributed by atoms with Crippen molar-refractivity contribution < 1.29 is 4.39 Å². The zero-order chi connectivity index (χ0) is 12.1. The van der Waals surface area contributed by atoms with Crippen LogP contribution in [0.25, 0.3) is 0 Å². The van der Waals surface area contributed by atoms with Gasteiger partial charge in [0.05, 0.1) is 0 Å². The minimum atomic E-state index is -0.0807. The number of nitrogens with one attached hydrogen (secondary N) is 1. The van der Waals surface area contributed by atoms with Gasteiger partial charge in [0.15, 0.2) is 0 Å². The summed E-state index contributed by atoms with van der Waals surface area (Å²) in [5, 5.41) is 3.53. The van der Waals surface area contributed by atoms with E-state index in [9.17, 15) is 4.39 Å². The van der Waals surface area contributed by atoms with Gasteiger partial charge in [-0.15, -0.1) is 0 Å². The molecule has 1 N–H and O–H groups in total. The van der Waals surface area contributed by atoms with E-state index in [-0.39, 0.29) is 5.82 Å². The summed E-state index contributed by atoms with van der Waals surface area (Å²) in [6, 6.07) is 7.63. The van der Waals surface area contributed by atoms with Gasteiger partial charge < -0.3 is 5.32 Å². The van der Waals surface area contributed by atoms with Gasteiger partial charge in [-0.3, -0.25) is 0 Å². The molecule has 1 unspecified atom stereocenters. The van der Waals surface area contributed by atoms with E-state index in [1.807, 2.05) is 12.1 Å². The van der Waals surface area contributed by atoms with Crippen molar-refractivity contribution >= 4 is 0 Å². The molecule has 0 radical (unpaired) electrons. The normalized spacial score (nSPS) is 18.5. The first kappa shape index (κ1) is 12.6. The lowest BCUT2D eigenvalue weighted by Gasteiger charge is -2.20. The molecule has 1 aromatic carbocycles. The quantitative estimate of drug-likeness (QED) is 0.823. The Morgan fingerprint density at radius 2 is 2.00 bits per heavy atom. The van der Waals surface area contributed by atoms with Gasteiger partial charge in [0, 0.05) is 6.04 Å². The molecular weight excluding hydrogens is 213 g/mol. The molecule has 0 heterocycles. The second-order valence-electron chi connectivity index (χ2n) is 5.13. The van der Waals surface area contributed by atoms with E-state index in [0.29, 0.717) is 6.04 Å². The van der Waals surface area contributed by atoms with E-state index < -0.39 is 0 Å². The van der Waals surface area contributed by atoms with Gasteiger partial charge in [0.25, 0.3) is 0 Å². The molecule has 1 nitrogen and oxygen atoms in total. The molecule has 17 heavy (non-hydrogen) atoms. The Morgan fingerprint density at radius 1 is 1.29 bits per heavy atom. The Hall–Kier alpha value is -0.890. The molecule has 0 aliphatic heterocycles. The van der Waals surface area contributed by atoms with Crippen LogP contribution >= 0.6 is 0 Å². The SMILES string of the molecule is CC(NCCc1ccccc1F)C1CCCC1. The van der Waals surface area contributed by atoms with Crippen LogP contribution in [0.1, 0.15) is 38.2 Å². The van der Waals surface area contributed by atoms with Gasteiger partial charge in [-0.05, 0) is 50.3 Å². The molecule has 1 aromatic rings. The van der Waals surface area contributed by atoms with Gasteiger partial charge in [0.2, 0.25) is 0 Å². The van der Waals surface area contributed by atoms with E-state index in [4.69, 9.17) is 0 Å². The van der Waals surface area contributed by atoms with Gasteiger partial charge in [0.1, 0.15) is 5.82 Å². The molecule has 2 rings (SSSR count). The Kier molecular flexibility index (Phi) is 4.55. The highest BCUT2D eigenvalue weighted by molar-refractivity contribution is 5.17. The van der Waals surface area contributed by atoms with Crippen LogP contribution in [0.3, 0.4) is 0 Å². The first-order valence-corrected chi connectivity index (χ1v) is 6.74. The van der Waals surface area contributed by atoms with Crippen LogP contribution in [-0.2, 0) is 6.42 Å². The van der Waals surface area contributed by atoms with E-state index >= 15 is 0 Å². The zero-order valence-corrected chi connectivity index (χ0v) is 10.6. The summed E-state index contributed by atoms with van der Waals surface area (Å²) in [4.78, 5) is 0. The smallest absolute Gasteiger partial charge is 0.126 e. The summed E-state index contributed by atoms with van der Waals surface area (Å²) in [7, 11) is 0. The van der Waals surface area contributed by atoms with Crippen molar-refractivity contribution in [2.24, 2.45) is 5.92 Å². The second-order valence-corrected chi connectivity index (χ2v) is 5.13. The minimum Gasteiger partial charge on any atom is -0.314 e. The Bertz CT molecular complexity index is 345. The number of halogens is 1. The maximum absolute atomic E-state index is 13.4. The number of hydrogen-bond acceptors (Lipinski definition) is 1. The highest BCUT2D eigenvalue weighted by Gasteiger charge is 2.20. The topological polar surface area (TPSA) is 12.0 Å². The molecule has 1 saturated carbocycles. The summed E-state index contributed by atoms with van der Waals surface area (Å²) < 4.78 is 13.4. The average molecular weight is 235 g/mol. The summed E-state index contributed by atoms with van der Waals surface area (Å²) in [6.45, 7) is 3.13. The average Bonchev–Trinajstić information content (AvgIpc) is 2.85. The first-order valence-electron chi connectivity index (χ1n) is 6.74. The maximum atomic E-state index is 13.4. The van der Waals surface area contributed by atoms with Crippen molar-refractivity contribution in [3.8, 4) is 0 Å². The lowest BCUT2D eigenvalue weighted by molar-refractivity contribution is 0.383. The third kappa shape index (κ3) is 3.53. The molecule has 1 atom stereocenters. The molecule has 2 heteroatoms. The third-order valence-electron chi connectivity index (χ3n) is 3.93. The minimum absolute atomic E-state index is 0.0807. The van der Waals surface area contributed by atoms with E-state index in [1.165, 1.54) is 31.7 Å². The fraction of sp³-hybridized carbons (Fsp3) is 0.600. The molecule has 0 bridgehead atoms. The molecule has 1 aliphatic rings. The molecule has 0 amide bonds. The zero-order valence-electron chi connectivity index (χ0n) is 10.6. The summed E-state index contributed by atoms with van der Waals surface area (Å²) in [5.41, 5.74) is 0.818. The largest absolute Gasteiger partial charge is 0.314 e. The van der Waals surface area contributed by atoms with Gasteiger partial charge in [-0.2, -0.15) is 0 Å². The predicted octanol–water partition coefficient (Wildman–Crippen LogP) is 3.54. The first-order chi connectivity index (χ1) is 8.27. The number of hydrogen-bond donors (Lipinski definition) is 1. The highest BCUT2D eigenvalue weighted by atomic mass is 19.1. The Morgan fingerprint density at radius 3 is 2.71 bits per heavy atom. The predicted molar refractivity (Wildman–Crippen MR) is 69.5 cm³/mol. The van der Waals surface area contributed by atoms with Crippen molar-refractivity contribution in [1.29, 1.82) is 0 Å². The standard InChI is InChI=1S/C15H22FN/c1-12(13-6-2-3-7-13)17-11-10-14-8-4-5-9-15(14)16/h4-5,8-9,12-13,17H,2-3,6-7,10-11H2,1H3. The molecule has 1 fully saturated rings. The second kappa shape index (κ2) is 6.15. The lowest BCUT2D eigenvalue weighted by Crippen LogP contribution is -2.33. The van der Waals surface area contributed by atoms with Crippen LogP contribution in [0.5, 0.6) is 0 Å². The van der Waals surface area contributed by atoms with Crippen LogP contribution in [0, 0.1) is 11.7 Å². The summed E-state index contributed by atoms with van der Waals surface area (Å²) in [6.07, 6.45) is 6.25. The van der Waals surface area contributed by atoms with Crippen molar-refractivity contribution in [1.82, 2.24) is 5.32 Å². The molecule has 0 spiro atoms. The van der Waals surface area contributed by atoms with Gasteiger partial charge in [-0.1, -0.05) is 31.0 Å². The van der Waals surface area contributed by atoms with Gasteiger partial charge in [-0.25, -0.2) is 4.39 Å². The molecular formula is C15H22FN. The highest BCUT2D eigenvalue weighted by Crippen LogP contribution is 2.27. The maximum Gasteiger partial charge on any atom is 0.126 e. The van der Waals surface area contributed by atoms with E-state index in [0.717, 1.165) is 24.4 Å². The summed E-state index contributed by atoms with van der Waals surface area (Å²) >= 11 is 0.